The van der Waals surface area contributed by atoms with E-state index in [0.717, 1.165) is 70.9 Å². The molecule has 2 saturated heterocycles. The number of carbonyl (C=O) groups is 1. The lowest BCUT2D eigenvalue weighted by atomic mass is 10.1. The smallest absolute Gasteiger partial charge is 0.317 e. The van der Waals surface area contributed by atoms with Crippen molar-refractivity contribution in [1.82, 2.24) is 15.1 Å². The van der Waals surface area contributed by atoms with Gasteiger partial charge in [0.05, 0.1) is 12.7 Å². The summed E-state index contributed by atoms with van der Waals surface area (Å²) in [4.78, 5) is 16.6. The van der Waals surface area contributed by atoms with Crippen LogP contribution in [0.25, 0.3) is 0 Å². The number of hydrogen-bond donors (Lipinski definition) is 1. The van der Waals surface area contributed by atoms with Crippen molar-refractivity contribution in [3.63, 3.8) is 0 Å². The summed E-state index contributed by atoms with van der Waals surface area (Å²) < 4.78 is 11.1. The van der Waals surface area contributed by atoms with Crippen LogP contribution in [0.4, 0.5) is 4.79 Å². The van der Waals surface area contributed by atoms with Gasteiger partial charge in [0.2, 0.25) is 0 Å². The first-order valence-electron chi connectivity index (χ1n) is 9.39. The van der Waals surface area contributed by atoms with Crippen molar-refractivity contribution < 1.29 is 14.3 Å². The highest BCUT2D eigenvalue weighted by Gasteiger charge is 2.23. The van der Waals surface area contributed by atoms with Crippen molar-refractivity contribution in [2.24, 2.45) is 0 Å². The third-order valence-corrected chi connectivity index (χ3v) is 5.32. The van der Waals surface area contributed by atoms with Gasteiger partial charge in [-0.2, -0.15) is 0 Å². The van der Waals surface area contributed by atoms with E-state index in [4.69, 9.17) is 9.47 Å². The molecule has 0 aliphatic carbocycles. The molecule has 6 heteroatoms. The minimum absolute atomic E-state index is 0.0461. The summed E-state index contributed by atoms with van der Waals surface area (Å²) in [6, 6.07) is 6.56. The van der Waals surface area contributed by atoms with Gasteiger partial charge in [-0.1, -0.05) is 12.1 Å². The fourth-order valence-electron chi connectivity index (χ4n) is 3.82. The van der Waals surface area contributed by atoms with Crippen LogP contribution in [0.3, 0.4) is 0 Å². The third-order valence-electron chi connectivity index (χ3n) is 5.32. The van der Waals surface area contributed by atoms with E-state index in [9.17, 15) is 4.79 Å². The predicted molar refractivity (Wildman–Crippen MR) is 94.9 cm³/mol. The highest BCUT2D eigenvalue weighted by atomic mass is 16.5. The molecule has 0 aromatic heterocycles. The number of fused-ring (bicyclic) bond motifs is 1. The van der Waals surface area contributed by atoms with E-state index in [2.05, 4.69) is 28.4 Å². The second-order valence-corrected chi connectivity index (χ2v) is 7.12. The number of amides is 2. The normalized spacial score (nSPS) is 23.4. The molecule has 3 aliphatic rings. The molecule has 0 spiro atoms. The number of nitrogens with one attached hydrogen (secondary N) is 1. The van der Waals surface area contributed by atoms with E-state index in [-0.39, 0.29) is 12.1 Å². The molecule has 6 nitrogen and oxygen atoms in total. The molecule has 3 heterocycles. The molecule has 1 unspecified atom stereocenters. The number of benzene rings is 1. The zero-order valence-electron chi connectivity index (χ0n) is 14.7. The lowest BCUT2D eigenvalue weighted by Crippen LogP contribution is -2.52. The van der Waals surface area contributed by atoms with Crippen LogP contribution in [-0.4, -0.2) is 67.9 Å². The fourth-order valence-corrected chi connectivity index (χ4v) is 3.82. The summed E-state index contributed by atoms with van der Waals surface area (Å²) in [6.45, 7) is 6.61. The summed E-state index contributed by atoms with van der Waals surface area (Å²) in [7, 11) is 0. The summed E-state index contributed by atoms with van der Waals surface area (Å²) in [6.07, 6.45) is 3.38. The Balaban J connectivity index is 1.22. The van der Waals surface area contributed by atoms with Crippen molar-refractivity contribution >= 4 is 6.03 Å². The predicted octanol–water partition coefficient (Wildman–Crippen LogP) is 1.63. The standard InChI is InChI=1S/C19H27N3O3/c23-19(20-13-17-2-1-10-24-17)22-8-6-21(7-9-22)14-15-3-4-18-16(12-15)5-11-25-18/h3-4,12,17H,1-2,5-11,13-14H2,(H,20,23). The van der Waals surface area contributed by atoms with Crippen molar-refractivity contribution in [2.75, 3.05) is 45.9 Å². The number of rotatable bonds is 4. The zero-order chi connectivity index (χ0) is 17.1. The Bertz CT molecular complexity index is 608. The molecule has 4 rings (SSSR count). The molecule has 2 amide bonds. The minimum Gasteiger partial charge on any atom is -0.493 e. The Kier molecular flexibility index (Phi) is 5.08. The van der Waals surface area contributed by atoms with Crippen molar-refractivity contribution in [3.8, 4) is 5.75 Å². The van der Waals surface area contributed by atoms with Crippen LogP contribution in [0.2, 0.25) is 0 Å². The highest BCUT2D eigenvalue weighted by molar-refractivity contribution is 5.74. The van der Waals surface area contributed by atoms with Gasteiger partial charge in [-0.05, 0) is 30.0 Å². The Morgan fingerprint density at radius 1 is 1.20 bits per heavy atom. The maximum Gasteiger partial charge on any atom is 0.317 e. The summed E-state index contributed by atoms with van der Waals surface area (Å²) in [5.41, 5.74) is 2.66. The first kappa shape index (κ1) is 16.7. The maximum absolute atomic E-state index is 12.3. The number of ether oxygens (including phenoxy) is 2. The Morgan fingerprint density at radius 3 is 2.88 bits per heavy atom. The van der Waals surface area contributed by atoms with Crippen LogP contribution in [0.1, 0.15) is 24.0 Å². The number of hydrogen-bond acceptors (Lipinski definition) is 4. The van der Waals surface area contributed by atoms with E-state index < -0.39 is 0 Å². The van der Waals surface area contributed by atoms with Gasteiger partial charge < -0.3 is 19.7 Å². The van der Waals surface area contributed by atoms with Crippen LogP contribution in [0.5, 0.6) is 5.75 Å². The zero-order valence-corrected chi connectivity index (χ0v) is 14.7. The average molecular weight is 345 g/mol. The Morgan fingerprint density at radius 2 is 2.08 bits per heavy atom. The molecule has 136 valence electrons. The molecule has 0 bridgehead atoms. The molecule has 1 N–H and O–H groups in total. The summed E-state index contributed by atoms with van der Waals surface area (Å²) in [5, 5.41) is 3.02. The van der Waals surface area contributed by atoms with Gasteiger partial charge in [-0.3, -0.25) is 4.90 Å². The van der Waals surface area contributed by atoms with E-state index in [1.807, 2.05) is 4.90 Å². The minimum atomic E-state index is 0.0461. The molecule has 1 aromatic carbocycles. The molecule has 1 atom stereocenters. The molecule has 25 heavy (non-hydrogen) atoms. The number of urea groups is 1. The topological polar surface area (TPSA) is 54.0 Å². The van der Waals surface area contributed by atoms with Gasteiger partial charge in [-0.25, -0.2) is 4.79 Å². The summed E-state index contributed by atoms with van der Waals surface area (Å²) >= 11 is 0. The summed E-state index contributed by atoms with van der Waals surface area (Å²) in [5.74, 6) is 1.04. The van der Waals surface area contributed by atoms with Crippen LogP contribution >= 0.6 is 0 Å². The van der Waals surface area contributed by atoms with Gasteiger partial charge in [0.15, 0.2) is 0 Å². The molecule has 0 radical (unpaired) electrons. The van der Waals surface area contributed by atoms with Gasteiger partial charge in [-0.15, -0.1) is 0 Å². The third kappa shape index (κ3) is 4.07. The van der Waals surface area contributed by atoms with Crippen LogP contribution < -0.4 is 10.1 Å². The molecule has 1 aromatic rings. The highest BCUT2D eigenvalue weighted by Crippen LogP contribution is 2.26. The SMILES string of the molecule is O=C(NCC1CCCO1)N1CCN(Cc2ccc3c(c2)CCO3)CC1. The average Bonchev–Trinajstić information content (AvgIpc) is 3.31. The van der Waals surface area contributed by atoms with Crippen molar-refractivity contribution in [3.05, 3.63) is 29.3 Å². The van der Waals surface area contributed by atoms with Gasteiger partial charge in [0.1, 0.15) is 5.75 Å². The van der Waals surface area contributed by atoms with Gasteiger partial charge >= 0.3 is 6.03 Å². The molecular weight excluding hydrogens is 318 g/mol. The molecule has 3 aliphatic heterocycles. The largest absolute Gasteiger partial charge is 0.493 e. The Labute approximate surface area is 149 Å². The van der Waals surface area contributed by atoms with Gasteiger partial charge in [0, 0.05) is 52.3 Å². The number of carbonyl (C=O) groups excluding carboxylic acids is 1. The molecular formula is C19H27N3O3. The molecule has 0 saturated carbocycles. The second-order valence-electron chi connectivity index (χ2n) is 7.12. The number of piperazine rings is 1. The fraction of sp³-hybridized carbons (Fsp3) is 0.632. The van der Waals surface area contributed by atoms with Crippen LogP contribution in [0, 0.1) is 0 Å². The quantitative estimate of drug-likeness (QED) is 0.901. The van der Waals surface area contributed by atoms with Crippen LogP contribution in [-0.2, 0) is 17.7 Å². The first-order chi connectivity index (χ1) is 12.3. The first-order valence-corrected chi connectivity index (χ1v) is 9.39. The maximum atomic E-state index is 12.3. The monoisotopic (exact) mass is 345 g/mol. The molecule has 2 fully saturated rings. The Hall–Kier alpha value is -1.79. The van der Waals surface area contributed by atoms with E-state index >= 15 is 0 Å². The lowest BCUT2D eigenvalue weighted by Gasteiger charge is -2.35. The van der Waals surface area contributed by atoms with Gasteiger partial charge in [0.25, 0.3) is 0 Å². The van der Waals surface area contributed by atoms with E-state index in [1.165, 1.54) is 11.1 Å². The van der Waals surface area contributed by atoms with Crippen LogP contribution in [0.15, 0.2) is 18.2 Å². The second kappa shape index (κ2) is 7.62. The van der Waals surface area contributed by atoms with Crippen molar-refractivity contribution in [1.29, 1.82) is 0 Å². The number of nitrogens with zero attached hydrogens (tertiary/aromatic N) is 2. The lowest BCUT2D eigenvalue weighted by molar-refractivity contribution is 0.104. The van der Waals surface area contributed by atoms with E-state index in [0.29, 0.717) is 6.54 Å². The van der Waals surface area contributed by atoms with E-state index in [1.54, 1.807) is 0 Å². The van der Waals surface area contributed by atoms with Crippen molar-refractivity contribution in [2.45, 2.75) is 31.9 Å².